The number of amidine groups is 1. The third-order valence-corrected chi connectivity index (χ3v) is 2.67. The number of benzene rings is 1. The molecule has 3 N–H and O–H groups in total. The molecule has 17 heavy (non-hydrogen) atoms. The van der Waals surface area contributed by atoms with Crippen molar-refractivity contribution in [1.82, 2.24) is 0 Å². The summed E-state index contributed by atoms with van der Waals surface area (Å²) in [7, 11) is 0. The van der Waals surface area contributed by atoms with Crippen LogP contribution in [0.5, 0.6) is 0 Å². The second-order valence-corrected chi connectivity index (χ2v) is 4.44. The van der Waals surface area contributed by atoms with Gasteiger partial charge in [0.2, 0.25) is 0 Å². The number of hydrogen-bond donors (Lipinski definition) is 2. The van der Waals surface area contributed by atoms with Gasteiger partial charge in [0.1, 0.15) is 17.6 Å². The van der Waals surface area contributed by atoms with Gasteiger partial charge in [-0.2, -0.15) is 5.26 Å². The third kappa shape index (κ3) is 2.13. The van der Waals surface area contributed by atoms with Crippen LogP contribution in [0.25, 0.3) is 0 Å². The van der Waals surface area contributed by atoms with Gasteiger partial charge in [-0.25, -0.2) is 0 Å². The van der Waals surface area contributed by atoms with E-state index in [1.165, 1.54) is 0 Å². The Morgan fingerprint density at radius 3 is 2.88 bits per heavy atom. The molecule has 1 aromatic carbocycles. The summed E-state index contributed by atoms with van der Waals surface area (Å²) >= 11 is 0. The normalized spacial score (nSPS) is 17.5. The molecule has 0 amide bonds. The van der Waals surface area contributed by atoms with E-state index in [1.54, 1.807) is 6.08 Å². The Labute approximate surface area is 100 Å². The zero-order valence-electron chi connectivity index (χ0n) is 9.86. The number of nitrogens with one attached hydrogen (secondary N) is 1. The van der Waals surface area contributed by atoms with E-state index < -0.39 is 0 Å². The van der Waals surface area contributed by atoms with Gasteiger partial charge in [-0.15, -0.1) is 0 Å². The second-order valence-electron chi connectivity index (χ2n) is 4.44. The number of fused-ring (bicyclic) bond motifs is 1. The van der Waals surface area contributed by atoms with Crippen molar-refractivity contribution >= 4 is 11.5 Å². The molecule has 0 radical (unpaired) electrons. The van der Waals surface area contributed by atoms with Gasteiger partial charge in [0.15, 0.2) is 0 Å². The molecule has 4 nitrogen and oxygen atoms in total. The molecule has 0 saturated carbocycles. The Balaban J connectivity index is 2.46. The molecular formula is C13H14N4. The van der Waals surface area contributed by atoms with Crippen LogP contribution < -0.4 is 11.1 Å². The molecule has 1 aliphatic rings. The molecule has 0 bridgehead atoms. The summed E-state index contributed by atoms with van der Waals surface area (Å²) in [5, 5.41) is 11.8. The lowest BCUT2D eigenvalue weighted by molar-refractivity contribution is 0.556. The molecule has 0 unspecified atom stereocenters. The van der Waals surface area contributed by atoms with E-state index in [-0.39, 0.29) is 11.2 Å². The fraction of sp³-hybridized carbons (Fsp3) is 0.231. The van der Waals surface area contributed by atoms with Gasteiger partial charge in [0.25, 0.3) is 0 Å². The van der Waals surface area contributed by atoms with Crippen LogP contribution >= 0.6 is 0 Å². The molecule has 0 fully saturated rings. The van der Waals surface area contributed by atoms with Crippen molar-refractivity contribution in [3.8, 4) is 6.07 Å². The van der Waals surface area contributed by atoms with Crippen LogP contribution in [0.15, 0.2) is 41.0 Å². The van der Waals surface area contributed by atoms with Gasteiger partial charge in [-0.05, 0) is 19.9 Å². The fourth-order valence-corrected chi connectivity index (χ4v) is 1.90. The number of nitrogens with two attached hydrogens (primary N) is 1. The Hall–Kier alpha value is -2.28. The summed E-state index contributed by atoms with van der Waals surface area (Å²) in [6.07, 6.45) is 1.55. The molecule has 2 rings (SSSR count). The quantitative estimate of drug-likeness (QED) is 0.720. The van der Waals surface area contributed by atoms with Crippen molar-refractivity contribution in [2.24, 2.45) is 10.7 Å². The van der Waals surface area contributed by atoms with Crippen molar-refractivity contribution < 1.29 is 0 Å². The van der Waals surface area contributed by atoms with Crippen LogP contribution in [-0.2, 0) is 5.54 Å². The standard InChI is InChI=1S/C13H14N4/c1-13(2)10-5-3-4-6-11(10)16-12(17-13)7-9(15)8-14/h3-7H,15H2,1-2H3,(H,16,17). The fourth-order valence-electron chi connectivity index (χ4n) is 1.90. The summed E-state index contributed by atoms with van der Waals surface area (Å²) in [5.41, 5.74) is 7.46. The summed E-state index contributed by atoms with van der Waals surface area (Å²) in [5.74, 6) is 0.618. The van der Waals surface area contributed by atoms with Crippen molar-refractivity contribution in [2.45, 2.75) is 19.4 Å². The van der Waals surface area contributed by atoms with Gasteiger partial charge < -0.3 is 11.1 Å². The predicted molar refractivity (Wildman–Crippen MR) is 68.4 cm³/mol. The molecule has 1 aliphatic heterocycles. The summed E-state index contributed by atoms with van der Waals surface area (Å²) < 4.78 is 0. The molecule has 0 saturated heterocycles. The monoisotopic (exact) mass is 226 g/mol. The minimum absolute atomic E-state index is 0.145. The van der Waals surface area contributed by atoms with E-state index in [4.69, 9.17) is 11.0 Å². The van der Waals surface area contributed by atoms with Crippen LogP contribution in [0.2, 0.25) is 0 Å². The number of nitrogens with zero attached hydrogens (tertiary/aromatic N) is 2. The number of hydrogen-bond acceptors (Lipinski definition) is 4. The minimum atomic E-state index is -0.316. The summed E-state index contributed by atoms with van der Waals surface area (Å²) in [6.45, 7) is 4.06. The predicted octanol–water partition coefficient (Wildman–Crippen LogP) is 2.11. The van der Waals surface area contributed by atoms with Crippen molar-refractivity contribution in [1.29, 1.82) is 5.26 Å². The zero-order valence-corrected chi connectivity index (χ0v) is 9.86. The topological polar surface area (TPSA) is 74.2 Å². The van der Waals surface area contributed by atoms with Gasteiger partial charge in [-0.1, -0.05) is 18.2 Å². The minimum Gasteiger partial charge on any atom is -0.390 e. The smallest absolute Gasteiger partial charge is 0.129 e. The van der Waals surface area contributed by atoms with E-state index in [1.807, 2.05) is 44.2 Å². The van der Waals surface area contributed by atoms with Crippen molar-refractivity contribution in [3.05, 3.63) is 41.6 Å². The summed E-state index contributed by atoms with van der Waals surface area (Å²) in [4.78, 5) is 4.54. The lowest BCUT2D eigenvalue weighted by Crippen LogP contribution is -2.28. The van der Waals surface area contributed by atoms with Gasteiger partial charge in [-0.3, -0.25) is 4.99 Å². The molecule has 0 aliphatic carbocycles. The molecule has 4 heteroatoms. The Kier molecular flexibility index (Phi) is 2.60. The Morgan fingerprint density at radius 2 is 2.18 bits per heavy atom. The molecule has 0 atom stereocenters. The van der Waals surface area contributed by atoms with Gasteiger partial charge in [0.05, 0.1) is 5.54 Å². The average Bonchev–Trinajstić information content (AvgIpc) is 2.28. The number of rotatable bonds is 1. The Bertz CT molecular complexity index is 547. The van der Waals surface area contributed by atoms with Crippen LogP contribution in [-0.4, -0.2) is 5.84 Å². The molecule has 0 aromatic heterocycles. The number of aliphatic imine (C=N–C) groups is 1. The van der Waals surface area contributed by atoms with Crippen LogP contribution in [0.3, 0.4) is 0 Å². The lowest BCUT2D eigenvalue weighted by Gasteiger charge is -2.29. The first-order chi connectivity index (χ1) is 8.03. The third-order valence-electron chi connectivity index (χ3n) is 2.67. The molecular weight excluding hydrogens is 212 g/mol. The highest BCUT2D eigenvalue weighted by Gasteiger charge is 2.27. The molecule has 1 aromatic rings. The van der Waals surface area contributed by atoms with E-state index in [0.29, 0.717) is 5.84 Å². The first-order valence-corrected chi connectivity index (χ1v) is 5.36. The maximum Gasteiger partial charge on any atom is 0.129 e. The largest absolute Gasteiger partial charge is 0.390 e. The van der Waals surface area contributed by atoms with Crippen molar-refractivity contribution in [3.63, 3.8) is 0 Å². The second kappa shape index (κ2) is 3.95. The zero-order chi connectivity index (χ0) is 12.5. The maximum atomic E-state index is 8.66. The Morgan fingerprint density at radius 1 is 1.47 bits per heavy atom. The molecule has 86 valence electrons. The number of para-hydroxylation sites is 1. The highest BCUT2D eigenvalue weighted by molar-refractivity contribution is 6.06. The SMILES string of the molecule is CC1(C)N=C(C=C(N)C#N)Nc2ccccc21. The van der Waals surface area contributed by atoms with Gasteiger partial charge in [0, 0.05) is 17.3 Å². The van der Waals surface area contributed by atoms with E-state index in [0.717, 1.165) is 11.3 Å². The average molecular weight is 226 g/mol. The number of allylic oxidation sites excluding steroid dienone is 1. The first kappa shape index (κ1) is 11.2. The number of anilines is 1. The highest BCUT2D eigenvalue weighted by atomic mass is 15.1. The number of nitriles is 1. The van der Waals surface area contributed by atoms with E-state index >= 15 is 0 Å². The molecule has 1 heterocycles. The lowest BCUT2D eigenvalue weighted by atomic mass is 9.91. The van der Waals surface area contributed by atoms with E-state index in [2.05, 4.69) is 10.3 Å². The van der Waals surface area contributed by atoms with Crippen LogP contribution in [0.4, 0.5) is 5.69 Å². The van der Waals surface area contributed by atoms with Gasteiger partial charge >= 0.3 is 0 Å². The highest BCUT2D eigenvalue weighted by Crippen LogP contribution is 2.34. The van der Waals surface area contributed by atoms with Crippen LogP contribution in [0.1, 0.15) is 19.4 Å². The summed E-state index contributed by atoms with van der Waals surface area (Å²) in [6, 6.07) is 9.86. The van der Waals surface area contributed by atoms with Crippen molar-refractivity contribution in [2.75, 3.05) is 5.32 Å². The van der Waals surface area contributed by atoms with Crippen LogP contribution in [0, 0.1) is 11.3 Å². The molecule has 0 spiro atoms. The first-order valence-electron chi connectivity index (χ1n) is 5.36. The maximum absolute atomic E-state index is 8.66. The van der Waals surface area contributed by atoms with E-state index in [9.17, 15) is 0 Å².